The van der Waals surface area contributed by atoms with Crippen molar-refractivity contribution in [3.63, 3.8) is 0 Å². The normalized spacial score (nSPS) is 9.06. The highest BCUT2D eigenvalue weighted by Gasteiger charge is 2.04. The highest BCUT2D eigenvalue weighted by atomic mass is 79.9. The molecule has 0 bridgehead atoms. The maximum Gasteiger partial charge on any atom is 0.335 e. The molecule has 0 saturated carbocycles. The topological polar surface area (TPSA) is 80.4 Å². The summed E-state index contributed by atoms with van der Waals surface area (Å²) in [4.78, 5) is 21.1. The zero-order valence-corrected chi connectivity index (χ0v) is 9.74. The van der Waals surface area contributed by atoms with Gasteiger partial charge in [-0.05, 0) is 34.1 Å². The molecule has 82 valence electrons. The largest absolute Gasteiger partial charge is 0.478 e. The lowest BCUT2D eigenvalue weighted by Crippen LogP contribution is -2.08. The predicted molar refractivity (Wildman–Crippen MR) is 61.8 cm³/mol. The van der Waals surface area contributed by atoms with Crippen LogP contribution in [0.4, 0.5) is 0 Å². The predicted octanol–water partition coefficient (Wildman–Crippen LogP) is 1.37. The Morgan fingerprint density at radius 3 is 2.62 bits per heavy atom. The second kappa shape index (κ2) is 5.33. The molecule has 0 aliphatic rings. The zero-order chi connectivity index (χ0) is 12.1. The van der Waals surface area contributed by atoms with Gasteiger partial charge in [-0.25, -0.2) is 4.79 Å². The Balaban J connectivity index is 2.94. The van der Waals surface area contributed by atoms with E-state index in [0.717, 1.165) is 0 Å². The fourth-order valence-corrected chi connectivity index (χ4v) is 1.45. The van der Waals surface area contributed by atoms with E-state index in [0.29, 0.717) is 10.0 Å². The summed E-state index contributed by atoms with van der Waals surface area (Å²) in [5.74, 6) is 3.81. The fourth-order valence-electron chi connectivity index (χ4n) is 0.976. The lowest BCUT2D eigenvalue weighted by Gasteiger charge is -1.98. The number of carboxylic acid groups (broad SMARTS) is 1. The van der Waals surface area contributed by atoms with Gasteiger partial charge in [-0.3, -0.25) is 4.79 Å². The third-order valence-corrected chi connectivity index (χ3v) is 2.36. The highest BCUT2D eigenvalue weighted by Crippen LogP contribution is 2.17. The molecule has 0 aromatic heterocycles. The zero-order valence-electron chi connectivity index (χ0n) is 8.16. The van der Waals surface area contributed by atoms with Crippen molar-refractivity contribution < 1.29 is 14.7 Å². The van der Waals surface area contributed by atoms with Crippen molar-refractivity contribution in [2.24, 2.45) is 5.73 Å². The van der Waals surface area contributed by atoms with Crippen molar-refractivity contribution in [2.75, 3.05) is 0 Å². The van der Waals surface area contributed by atoms with Crippen molar-refractivity contribution in [3.05, 3.63) is 33.8 Å². The first-order valence-electron chi connectivity index (χ1n) is 4.30. The van der Waals surface area contributed by atoms with Gasteiger partial charge >= 0.3 is 5.97 Å². The van der Waals surface area contributed by atoms with Crippen molar-refractivity contribution in [2.45, 2.75) is 6.42 Å². The lowest BCUT2D eigenvalue weighted by atomic mass is 10.1. The van der Waals surface area contributed by atoms with Crippen LogP contribution in [0.25, 0.3) is 0 Å². The monoisotopic (exact) mass is 281 g/mol. The Morgan fingerprint density at radius 1 is 1.44 bits per heavy atom. The molecule has 0 unspecified atom stereocenters. The number of carboxylic acids is 1. The number of carbonyl (C=O) groups excluding carboxylic acids is 1. The molecular weight excluding hydrogens is 274 g/mol. The van der Waals surface area contributed by atoms with Gasteiger partial charge in [-0.15, -0.1) is 0 Å². The number of benzene rings is 1. The molecule has 1 rings (SSSR count). The lowest BCUT2D eigenvalue weighted by molar-refractivity contribution is -0.117. The van der Waals surface area contributed by atoms with Gasteiger partial charge in [-0.1, -0.05) is 11.8 Å². The molecule has 0 heterocycles. The standard InChI is InChI=1S/C11H8BrNO3/c12-9-6-8(11(15)16)5-4-7(9)2-1-3-10(13)14/h4-6H,3H2,(H2,13,14)(H,15,16). The van der Waals surface area contributed by atoms with Gasteiger partial charge in [0.1, 0.15) is 0 Å². The quantitative estimate of drug-likeness (QED) is 0.804. The van der Waals surface area contributed by atoms with Gasteiger partial charge < -0.3 is 10.8 Å². The second-order valence-electron chi connectivity index (χ2n) is 2.94. The third-order valence-electron chi connectivity index (χ3n) is 1.70. The number of primary amides is 1. The van der Waals surface area contributed by atoms with Crippen LogP contribution in [0.1, 0.15) is 22.3 Å². The first-order chi connectivity index (χ1) is 7.50. The Hall–Kier alpha value is -1.80. The molecule has 16 heavy (non-hydrogen) atoms. The Morgan fingerprint density at radius 2 is 2.12 bits per heavy atom. The van der Waals surface area contributed by atoms with E-state index in [2.05, 4.69) is 27.8 Å². The van der Waals surface area contributed by atoms with Crippen LogP contribution in [0.2, 0.25) is 0 Å². The van der Waals surface area contributed by atoms with E-state index in [1.54, 1.807) is 6.07 Å². The Kier molecular flexibility index (Phi) is 4.09. The minimum Gasteiger partial charge on any atom is -0.478 e. The molecule has 1 aromatic rings. The van der Waals surface area contributed by atoms with E-state index in [1.807, 2.05) is 0 Å². The fraction of sp³-hybridized carbons (Fsp3) is 0.0909. The molecule has 5 heteroatoms. The first-order valence-corrected chi connectivity index (χ1v) is 5.10. The van der Waals surface area contributed by atoms with Gasteiger partial charge in [0.2, 0.25) is 5.91 Å². The number of hydrogen-bond donors (Lipinski definition) is 2. The van der Waals surface area contributed by atoms with Crippen LogP contribution in [0.3, 0.4) is 0 Å². The maximum atomic E-state index is 10.6. The van der Waals surface area contributed by atoms with E-state index in [9.17, 15) is 9.59 Å². The molecule has 4 nitrogen and oxygen atoms in total. The summed E-state index contributed by atoms with van der Waals surface area (Å²) < 4.78 is 0.573. The molecule has 0 fully saturated rings. The third kappa shape index (κ3) is 3.41. The van der Waals surface area contributed by atoms with Gasteiger partial charge in [0.15, 0.2) is 0 Å². The number of rotatable bonds is 2. The average molecular weight is 282 g/mol. The SMILES string of the molecule is NC(=O)CC#Cc1ccc(C(=O)O)cc1Br. The molecule has 3 N–H and O–H groups in total. The molecule has 0 radical (unpaired) electrons. The van der Waals surface area contributed by atoms with Gasteiger partial charge in [0.05, 0.1) is 12.0 Å². The summed E-state index contributed by atoms with van der Waals surface area (Å²) in [6, 6.07) is 4.47. The van der Waals surface area contributed by atoms with Crippen LogP contribution < -0.4 is 5.73 Å². The van der Waals surface area contributed by atoms with Crippen LogP contribution in [0.5, 0.6) is 0 Å². The molecule has 1 amide bonds. The number of hydrogen-bond acceptors (Lipinski definition) is 2. The summed E-state index contributed by atoms with van der Waals surface area (Å²) in [6.45, 7) is 0. The number of halogens is 1. The number of aromatic carboxylic acids is 1. The summed E-state index contributed by atoms with van der Waals surface area (Å²) in [7, 11) is 0. The maximum absolute atomic E-state index is 10.6. The minimum atomic E-state index is -1.00. The average Bonchev–Trinajstić information content (AvgIpc) is 2.19. The van der Waals surface area contributed by atoms with Crippen LogP contribution >= 0.6 is 15.9 Å². The molecule has 0 spiro atoms. The first kappa shape index (κ1) is 12.3. The smallest absolute Gasteiger partial charge is 0.335 e. The van der Waals surface area contributed by atoms with Gasteiger partial charge in [0.25, 0.3) is 0 Å². The minimum absolute atomic E-state index is 0.0207. The molecule has 0 aliphatic carbocycles. The molecule has 0 aliphatic heterocycles. The van der Waals surface area contributed by atoms with E-state index < -0.39 is 11.9 Å². The van der Waals surface area contributed by atoms with Crippen molar-refractivity contribution >= 4 is 27.8 Å². The summed E-state index contributed by atoms with van der Waals surface area (Å²) in [5, 5.41) is 8.73. The molecular formula is C11H8BrNO3. The van der Waals surface area contributed by atoms with Crippen molar-refractivity contribution in [1.82, 2.24) is 0 Å². The van der Waals surface area contributed by atoms with Crippen LogP contribution in [-0.2, 0) is 4.79 Å². The number of nitrogens with two attached hydrogens (primary N) is 1. The van der Waals surface area contributed by atoms with Crippen LogP contribution in [0, 0.1) is 11.8 Å². The van der Waals surface area contributed by atoms with E-state index in [-0.39, 0.29) is 12.0 Å². The van der Waals surface area contributed by atoms with Crippen molar-refractivity contribution in [1.29, 1.82) is 0 Å². The summed E-state index contributed by atoms with van der Waals surface area (Å²) in [6.07, 6.45) is -0.0207. The summed E-state index contributed by atoms with van der Waals surface area (Å²) >= 11 is 3.20. The van der Waals surface area contributed by atoms with Gasteiger partial charge in [0, 0.05) is 10.0 Å². The number of carbonyl (C=O) groups is 2. The Labute approximate surface area is 101 Å². The van der Waals surface area contributed by atoms with Gasteiger partial charge in [-0.2, -0.15) is 0 Å². The molecule has 1 aromatic carbocycles. The van der Waals surface area contributed by atoms with Crippen LogP contribution in [0.15, 0.2) is 22.7 Å². The van der Waals surface area contributed by atoms with Crippen LogP contribution in [-0.4, -0.2) is 17.0 Å². The number of amides is 1. The van der Waals surface area contributed by atoms with Crippen molar-refractivity contribution in [3.8, 4) is 11.8 Å². The molecule has 0 saturated heterocycles. The Bertz CT molecular complexity index is 500. The molecule has 0 atom stereocenters. The second-order valence-corrected chi connectivity index (χ2v) is 3.80. The highest BCUT2D eigenvalue weighted by molar-refractivity contribution is 9.10. The van der Waals surface area contributed by atoms with E-state index in [4.69, 9.17) is 10.8 Å². The summed E-state index contributed by atoms with van der Waals surface area (Å²) in [5.41, 5.74) is 5.72. The van der Waals surface area contributed by atoms with E-state index in [1.165, 1.54) is 12.1 Å². The van der Waals surface area contributed by atoms with E-state index >= 15 is 0 Å².